The van der Waals surface area contributed by atoms with Crippen molar-refractivity contribution in [1.82, 2.24) is 15.0 Å². The van der Waals surface area contributed by atoms with E-state index in [1.807, 2.05) is 22.8 Å². The molecule has 2 aliphatic heterocycles. The average Bonchev–Trinajstić information content (AvgIpc) is 2.91. The lowest BCUT2D eigenvalue weighted by Gasteiger charge is -2.26. The van der Waals surface area contributed by atoms with E-state index >= 15 is 0 Å². The molecule has 2 amide bonds. The molecule has 0 unspecified atom stereocenters. The molecule has 3 aliphatic rings. The number of amides is 2. The molecule has 1 saturated carbocycles. The van der Waals surface area contributed by atoms with E-state index in [4.69, 9.17) is 4.52 Å². The summed E-state index contributed by atoms with van der Waals surface area (Å²) in [6.07, 6.45) is 4.72. The summed E-state index contributed by atoms with van der Waals surface area (Å²) in [7, 11) is 0. The third-order valence-electron chi connectivity index (χ3n) is 5.26. The first kappa shape index (κ1) is 14.7. The van der Waals surface area contributed by atoms with Gasteiger partial charge in [0.2, 0.25) is 11.8 Å². The molecule has 2 atom stereocenters. The first-order valence-corrected chi connectivity index (χ1v) is 8.63. The van der Waals surface area contributed by atoms with E-state index in [0.29, 0.717) is 18.9 Å². The number of nitrogens with zero attached hydrogens (tertiary/aromatic N) is 3. The zero-order valence-corrected chi connectivity index (χ0v) is 13.5. The summed E-state index contributed by atoms with van der Waals surface area (Å²) in [6.45, 7) is 4.05. The average molecular weight is 317 g/mol. The van der Waals surface area contributed by atoms with Gasteiger partial charge in [-0.05, 0) is 38.5 Å². The van der Waals surface area contributed by atoms with Crippen LogP contribution in [0.5, 0.6) is 0 Å². The molecule has 4 rings (SSSR count). The number of aryl methyl sites for hydroxylation is 1. The van der Waals surface area contributed by atoms with E-state index in [9.17, 15) is 9.59 Å². The van der Waals surface area contributed by atoms with Gasteiger partial charge < -0.3 is 14.3 Å². The van der Waals surface area contributed by atoms with Crippen molar-refractivity contribution >= 4 is 11.8 Å². The lowest BCUT2D eigenvalue weighted by molar-refractivity contribution is -0.136. The smallest absolute Gasteiger partial charge is 0.228 e. The molecule has 23 heavy (non-hydrogen) atoms. The van der Waals surface area contributed by atoms with Gasteiger partial charge in [-0.25, -0.2) is 0 Å². The Bertz CT molecular complexity index is 622. The van der Waals surface area contributed by atoms with Crippen LogP contribution in [0.3, 0.4) is 0 Å². The molecule has 0 bridgehead atoms. The van der Waals surface area contributed by atoms with Gasteiger partial charge in [0, 0.05) is 32.1 Å². The highest BCUT2D eigenvalue weighted by molar-refractivity contribution is 5.89. The van der Waals surface area contributed by atoms with E-state index in [-0.39, 0.29) is 23.8 Å². The molecule has 1 aromatic heterocycles. The van der Waals surface area contributed by atoms with Crippen molar-refractivity contribution in [2.75, 3.05) is 19.6 Å². The Kier molecular flexibility index (Phi) is 3.62. The van der Waals surface area contributed by atoms with Crippen molar-refractivity contribution < 1.29 is 14.1 Å². The van der Waals surface area contributed by atoms with Crippen molar-refractivity contribution in [3.63, 3.8) is 0 Å². The van der Waals surface area contributed by atoms with Gasteiger partial charge in [0.05, 0.1) is 12.0 Å². The van der Waals surface area contributed by atoms with Gasteiger partial charge in [0.25, 0.3) is 0 Å². The molecule has 124 valence electrons. The van der Waals surface area contributed by atoms with E-state index in [0.717, 1.165) is 37.4 Å². The Morgan fingerprint density at radius 2 is 2.22 bits per heavy atom. The first-order valence-electron chi connectivity index (χ1n) is 8.63. The number of hydrogen-bond donors (Lipinski definition) is 0. The van der Waals surface area contributed by atoms with Crippen LogP contribution >= 0.6 is 0 Å². The predicted octanol–water partition coefficient (Wildman–Crippen LogP) is 1.91. The van der Waals surface area contributed by atoms with Crippen molar-refractivity contribution in [3.8, 4) is 0 Å². The second kappa shape index (κ2) is 5.65. The second-order valence-corrected chi connectivity index (χ2v) is 7.20. The van der Waals surface area contributed by atoms with Crippen LogP contribution in [-0.4, -0.2) is 46.4 Å². The molecule has 3 fully saturated rings. The maximum atomic E-state index is 12.9. The SMILES string of the molecule is Cc1cc([C@@H]2CCCN2C(=O)[C@@H]2CC(=O)N(CC3CC3)C2)no1. The minimum absolute atomic E-state index is 0.00698. The van der Waals surface area contributed by atoms with Gasteiger partial charge in [0.15, 0.2) is 0 Å². The van der Waals surface area contributed by atoms with Crippen molar-refractivity contribution in [3.05, 3.63) is 17.5 Å². The number of hydrogen-bond acceptors (Lipinski definition) is 4. The van der Waals surface area contributed by atoms with E-state index in [1.165, 1.54) is 12.8 Å². The van der Waals surface area contributed by atoms with Crippen LogP contribution in [0.2, 0.25) is 0 Å². The lowest BCUT2D eigenvalue weighted by Crippen LogP contribution is -2.37. The fourth-order valence-electron chi connectivity index (χ4n) is 3.84. The number of rotatable bonds is 4. The van der Waals surface area contributed by atoms with Crippen LogP contribution < -0.4 is 0 Å². The second-order valence-electron chi connectivity index (χ2n) is 7.20. The summed E-state index contributed by atoms with van der Waals surface area (Å²) < 4.78 is 5.16. The van der Waals surface area contributed by atoms with Gasteiger partial charge in [-0.3, -0.25) is 9.59 Å². The lowest BCUT2D eigenvalue weighted by atomic mass is 10.1. The maximum Gasteiger partial charge on any atom is 0.228 e. The fraction of sp³-hybridized carbons (Fsp3) is 0.706. The van der Waals surface area contributed by atoms with Gasteiger partial charge in [0.1, 0.15) is 11.5 Å². The van der Waals surface area contributed by atoms with Gasteiger partial charge in [-0.15, -0.1) is 0 Å². The summed E-state index contributed by atoms with van der Waals surface area (Å²) >= 11 is 0. The quantitative estimate of drug-likeness (QED) is 0.851. The van der Waals surface area contributed by atoms with Crippen LogP contribution in [0.1, 0.15) is 49.6 Å². The predicted molar refractivity (Wildman–Crippen MR) is 82.3 cm³/mol. The number of likely N-dealkylation sites (tertiary alicyclic amines) is 2. The molecule has 0 N–H and O–H groups in total. The Morgan fingerprint density at radius 1 is 1.39 bits per heavy atom. The van der Waals surface area contributed by atoms with Gasteiger partial charge in [-0.1, -0.05) is 5.16 Å². The van der Waals surface area contributed by atoms with Crippen molar-refractivity contribution in [1.29, 1.82) is 0 Å². The highest BCUT2D eigenvalue weighted by Gasteiger charge is 2.41. The Labute approximate surface area is 135 Å². The Balaban J connectivity index is 1.44. The van der Waals surface area contributed by atoms with Crippen LogP contribution in [0.4, 0.5) is 0 Å². The minimum Gasteiger partial charge on any atom is -0.361 e. The molecular weight excluding hydrogens is 294 g/mol. The zero-order valence-electron chi connectivity index (χ0n) is 13.5. The summed E-state index contributed by atoms with van der Waals surface area (Å²) in [5.41, 5.74) is 0.840. The zero-order chi connectivity index (χ0) is 16.0. The van der Waals surface area contributed by atoms with Gasteiger partial charge >= 0.3 is 0 Å². The molecule has 1 aromatic rings. The summed E-state index contributed by atoms with van der Waals surface area (Å²) in [4.78, 5) is 28.9. The highest BCUT2D eigenvalue weighted by atomic mass is 16.5. The van der Waals surface area contributed by atoms with E-state index in [1.54, 1.807) is 0 Å². The molecule has 0 aromatic carbocycles. The summed E-state index contributed by atoms with van der Waals surface area (Å²) in [5, 5.41) is 4.09. The molecule has 2 saturated heterocycles. The van der Waals surface area contributed by atoms with Crippen LogP contribution in [0.25, 0.3) is 0 Å². The normalized spacial score (nSPS) is 28.0. The molecule has 3 heterocycles. The van der Waals surface area contributed by atoms with Crippen LogP contribution in [0, 0.1) is 18.8 Å². The van der Waals surface area contributed by atoms with Crippen molar-refractivity contribution in [2.24, 2.45) is 11.8 Å². The van der Waals surface area contributed by atoms with Crippen LogP contribution in [0.15, 0.2) is 10.6 Å². The first-order chi connectivity index (χ1) is 11.1. The Hall–Kier alpha value is -1.85. The molecule has 0 radical (unpaired) electrons. The molecule has 6 heteroatoms. The van der Waals surface area contributed by atoms with Crippen molar-refractivity contribution in [2.45, 2.75) is 45.1 Å². The highest BCUT2D eigenvalue weighted by Crippen LogP contribution is 2.36. The third-order valence-corrected chi connectivity index (χ3v) is 5.26. The summed E-state index contributed by atoms with van der Waals surface area (Å²) in [5.74, 6) is 1.51. The molecular formula is C17H23N3O3. The number of carbonyl (C=O) groups excluding carboxylic acids is 2. The standard InChI is InChI=1S/C17H23N3O3/c1-11-7-14(18-23-11)15-3-2-6-20(15)17(22)13-8-16(21)19(10-13)9-12-4-5-12/h7,12-13,15H,2-6,8-10H2,1H3/t13-,15+/m1/s1. The van der Waals surface area contributed by atoms with E-state index < -0.39 is 0 Å². The topological polar surface area (TPSA) is 66.7 Å². The largest absolute Gasteiger partial charge is 0.361 e. The van der Waals surface area contributed by atoms with Crippen LogP contribution in [-0.2, 0) is 9.59 Å². The third kappa shape index (κ3) is 2.86. The molecule has 6 nitrogen and oxygen atoms in total. The van der Waals surface area contributed by atoms with Gasteiger partial charge in [-0.2, -0.15) is 0 Å². The molecule has 1 aliphatic carbocycles. The summed E-state index contributed by atoms with van der Waals surface area (Å²) in [6, 6.07) is 1.92. The number of aromatic nitrogens is 1. The molecule has 0 spiro atoms. The number of carbonyl (C=O) groups is 2. The Morgan fingerprint density at radius 3 is 2.91 bits per heavy atom. The monoisotopic (exact) mass is 317 g/mol. The maximum absolute atomic E-state index is 12.9. The van der Waals surface area contributed by atoms with E-state index in [2.05, 4.69) is 5.16 Å². The minimum atomic E-state index is -0.185. The fourth-order valence-corrected chi connectivity index (χ4v) is 3.84.